The van der Waals surface area contributed by atoms with Gasteiger partial charge in [-0.05, 0) is 47.3 Å². The lowest BCUT2D eigenvalue weighted by molar-refractivity contribution is 0.564. The van der Waals surface area contributed by atoms with Gasteiger partial charge < -0.3 is 5.73 Å². The topological polar surface area (TPSA) is 51.8 Å². The molecule has 17 heavy (non-hydrogen) atoms. The quantitative estimate of drug-likeness (QED) is 0.879. The first-order valence-electron chi connectivity index (χ1n) is 5.61. The highest BCUT2D eigenvalue weighted by atomic mass is 79.9. The van der Waals surface area contributed by atoms with Gasteiger partial charge in [0.2, 0.25) is 0 Å². The molecule has 0 bridgehead atoms. The van der Waals surface area contributed by atoms with Gasteiger partial charge >= 0.3 is 0 Å². The van der Waals surface area contributed by atoms with Gasteiger partial charge in [0.15, 0.2) is 0 Å². The highest BCUT2D eigenvalue weighted by Gasteiger charge is 2.22. The molecule has 0 radical (unpaired) electrons. The SMILES string of the molecule is NC1CCCc2sc(-c3ccc(Br)cn3)nc21. The smallest absolute Gasteiger partial charge is 0.142 e. The third-order valence-corrected chi connectivity index (χ3v) is 4.57. The molecule has 0 saturated heterocycles. The summed E-state index contributed by atoms with van der Waals surface area (Å²) in [6.45, 7) is 0. The number of thiazole rings is 1. The second kappa shape index (κ2) is 4.48. The fourth-order valence-electron chi connectivity index (χ4n) is 2.06. The predicted molar refractivity (Wildman–Crippen MR) is 72.9 cm³/mol. The van der Waals surface area contributed by atoms with Crippen LogP contribution in [0.4, 0.5) is 0 Å². The number of aromatic nitrogens is 2. The van der Waals surface area contributed by atoms with E-state index >= 15 is 0 Å². The Balaban J connectivity index is 2.02. The van der Waals surface area contributed by atoms with E-state index in [4.69, 9.17) is 5.73 Å². The standard InChI is InChI=1S/C12H12BrN3S/c13-7-4-5-9(15-6-7)12-16-11-8(14)2-1-3-10(11)17-12/h4-6,8H,1-3,14H2. The van der Waals surface area contributed by atoms with Crippen LogP contribution in [-0.2, 0) is 6.42 Å². The van der Waals surface area contributed by atoms with Crippen LogP contribution >= 0.6 is 27.3 Å². The van der Waals surface area contributed by atoms with Crippen LogP contribution in [0.15, 0.2) is 22.8 Å². The molecule has 1 aliphatic carbocycles. The third-order valence-electron chi connectivity index (χ3n) is 2.94. The second-order valence-corrected chi connectivity index (χ2v) is 6.19. The Morgan fingerprint density at radius 1 is 1.41 bits per heavy atom. The molecule has 1 atom stereocenters. The maximum absolute atomic E-state index is 6.08. The Morgan fingerprint density at radius 2 is 2.29 bits per heavy atom. The van der Waals surface area contributed by atoms with Crippen molar-refractivity contribution >= 4 is 27.3 Å². The van der Waals surface area contributed by atoms with Crippen molar-refractivity contribution < 1.29 is 0 Å². The maximum Gasteiger partial charge on any atom is 0.142 e. The molecule has 0 aromatic carbocycles. The van der Waals surface area contributed by atoms with Gasteiger partial charge in [-0.2, -0.15) is 0 Å². The molecular weight excluding hydrogens is 298 g/mol. The number of nitrogens with two attached hydrogens (primary N) is 1. The summed E-state index contributed by atoms with van der Waals surface area (Å²) in [5.74, 6) is 0. The Hall–Kier alpha value is -0.780. The van der Waals surface area contributed by atoms with Crippen LogP contribution in [0, 0.1) is 0 Å². The van der Waals surface area contributed by atoms with Gasteiger partial charge in [0.25, 0.3) is 0 Å². The lowest BCUT2D eigenvalue weighted by Crippen LogP contribution is -2.16. The van der Waals surface area contributed by atoms with E-state index in [0.717, 1.165) is 33.7 Å². The molecule has 3 rings (SSSR count). The lowest BCUT2D eigenvalue weighted by atomic mass is 9.99. The predicted octanol–water partition coefficient (Wildman–Crippen LogP) is 3.30. The Labute approximate surface area is 112 Å². The number of hydrogen-bond donors (Lipinski definition) is 1. The van der Waals surface area contributed by atoms with E-state index in [1.165, 1.54) is 11.3 Å². The van der Waals surface area contributed by atoms with Crippen LogP contribution in [0.2, 0.25) is 0 Å². The van der Waals surface area contributed by atoms with Crippen molar-refractivity contribution in [2.24, 2.45) is 5.73 Å². The van der Waals surface area contributed by atoms with E-state index in [9.17, 15) is 0 Å². The van der Waals surface area contributed by atoms with Crippen molar-refractivity contribution in [3.05, 3.63) is 33.4 Å². The fraction of sp³-hybridized carbons (Fsp3) is 0.333. The first-order chi connectivity index (χ1) is 8.24. The minimum Gasteiger partial charge on any atom is -0.323 e. The molecule has 3 nitrogen and oxygen atoms in total. The summed E-state index contributed by atoms with van der Waals surface area (Å²) in [7, 11) is 0. The molecule has 0 saturated carbocycles. The van der Waals surface area contributed by atoms with Gasteiger partial charge in [0, 0.05) is 21.6 Å². The number of fused-ring (bicyclic) bond motifs is 1. The van der Waals surface area contributed by atoms with Crippen LogP contribution in [0.5, 0.6) is 0 Å². The summed E-state index contributed by atoms with van der Waals surface area (Å²) >= 11 is 5.11. The normalized spacial score (nSPS) is 19.1. The summed E-state index contributed by atoms with van der Waals surface area (Å²) in [6.07, 6.45) is 5.13. The largest absolute Gasteiger partial charge is 0.323 e. The van der Waals surface area contributed by atoms with Crippen LogP contribution in [0.1, 0.15) is 29.5 Å². The van der Waals surface area contributed by atoms with Gasteiger partial charge in [-0.25, -0.2) is 4.98 Å². The molecule has 5 heteroatoms. The summed E-state index contributed by atoms with van der Waals surface area (Å²) < 4.78 is 0.985. The first kappa shape index (κ1) is 11.3. The van der Waals surface area contributed by atoms with Crippen molar-refractivity contribution in [1.29, 1.82) is 0 Å². The Kier molecular flexibility index (Phi) is 2.98. The van der Waals surface area contributed by atoms with Crippen molar-refractivity contribution in [3.8, 4) is 10.7 Å². The zero-order valence-electron chi connectivity index (χ0n) is 9.19. The van der Waals surface area contributed by atoms with Gasteiger partial charge in [0.05, 0.1) is 11.4 Å². The van der Waals surface area contributed by atoms with Crippen molar-refractivity contribution in [2.45, 2.75) is 25.3 Å². The average Bonchev–Trinajstić information content (AvgIpc) is 2.75. The Bertz CT molecular complexity index is 535. The lowest BCUT2D eigenvalue weighted by Gasteiger charge is -2.15. The van der Waals surface area contributed by atoms with Crippen LogP contribution in [0.3, 0.4) is 0 Å². The highest BCUT2D eigenvalue weighted by Crippen LogP contribution is 2.35. The zero-order valence-corrected chi connectivity index (χ0v) is 11.6. The maximum atomic E-state index is 6.08. The van der Waals surface area contributed by atoms with E-state index in [1.807, 2.05) is 12.1 Å². The van der Waals surface area contributed by atoms with Gasteiger partial charge in [-0.1, -0.05) is 0 Å². The Morgan fingerprint density at radius 3 is 3.00 bits per heavy atom. The highest BCUT2D eigenvalue weighted by molar-refractivity contribution is 9.10. The third kappa shape index (κ3) is 2.14. The van der Waals surface area contributed by atoms with E-state index in [0.29, 0.717) is 0 Å². The number of hydrogen-bond acceptors (Lipinski definition) is 4. The van der Waals surface area contributed by atoms with E-state index < -0.39 is 0 Å². The van der Waals surface area contributed by atoms with Crippen LogP contribution < -0.4 is 5.73 Å². The first-order valence-corrected chi connectivity index (χ1v) is 7.22. The van der Waals surface area contributed by atoms with E-state index in [-0.39, 0.29) is 6.04 Å². The molecule has 2 aromatic heterocycles. The average molecular weight is 310 g/mol. The number of nitrogens with zero attached hydrogens (tertiary/aromatic N) is 2. The summed E-state index contributed by atoms with van der Waals surface area (Å²) in [4.78, 5) is 10.4. The summed E-state index contributed by atoms with van der Waals surface area (Å²) in [5.41, 5.74) is 8.09. The molecule has 2 heterocycles. The van der Waals surface area contributed by atoms with E-state index in [2.05, 4.69) is 25.9 Å². The van der Waals surface area contributed by atoms with Crippen molar-refractivity contribution in [1.82, 2.24) is 9.97 Å². The molecule has 0 amide bonds. The minimum atomic E-state index is 0.110. The van der Waals surface area contributed by atoms with Crippen LogP contribution in [0.25, 0.3) is 10.7 Å². The molecular formula is C12H12BrN3S. The van der Waals surface area contributed by atoms with Crippen LogP contribution in [-0.4, -0.2) is 9.97 Å². The van der Waals surface area contributed by atoms with Crippen molar-refractivity contribution in [2.75, 3.05) is 0 Å². The molecule has 0 spiro atoms. The molecule has 0 fully saturated rings. The molecule has 88 valence electrons. The molecule has 0 aliphatic heterocycles. The molecule has 1 aliphatic rings. The van der Waals surface area contributed by atoms with Gasteiger partial charge in [0.1, 0.15) is 5.01 Å². The summed E-state index contributed by atoms with van der Waals surface area (Å²) in [5, 5.41) is 0.986. The molecule has 2 N–H and O–H groups in total. The van der Waals surface area contributed by atoms with Gasteiger partial charge in [-0.15, -0.1) is 11.3 Å². The zero-order chi connectivity index (χ0) is 11.8. The van der Waals surface area contributed by atoms with E-state index in [1.54, 1.807) is 17.5 Å². The summed E-state index contributed by atoms with van der Waals surface area (Å²) in [6, 6.07) is 4.09. The number of halogens is 1. The molecule has 1 unspecified atom stereocenters. The van der Waals surface area contributed by atoms with Gasteiger partial charge in [-0.3, -0.25) is 4.98 Å². The molecule has 2 aromatic rings. The number of aryl methyl sites for hydroxylation is 1. The van der Waals surface area contributed by atoms with Crippen molar-refractivity contribution in [3.63, 3.8) is 0 Å². The second-order valence-electron chi connectivity index (χ2n) is 4.19. The minimum absolute atomic E-state index is 0.110. The fourth-order valence-corrected chi connectivity index (χ4v) is 3.45. The monoisotopic (exact) mass is 309 g/mol. The number of rotatable bonds is 1. The number of pyridine rings is 1.